The van der Waals surface area contributed by atoms with Gasteiger partial charge in [-0.15, -0.1) is 0 Å². The Balaban J connectivity index is 1.57. The fourth-order valence-corrected chi connectivity index (χ4v) is 6.95. The molecule has 2 N–H and O–H groups in total. The Kier molecular flexibility index (Phi) is 7.74. The number of esters is 1. The summed E-state index contributed by atoms with van der Waals surface area (Å²) >= 11 is 0. The minimum atomic E-state index is -1.40. The number of benzene rings is 4. The van der Waals surface area contributed by atoms with Crippen LogP contribution < -0.4 is 15.5 Å². The van der Waals surface area contributed by atoms with Gasteiger partial charge in [0.25, 0.3) is 5.91 Å². The summed E-state index contributed by atoms with van der Waals surface area (Å²) in [5.41, 5.74) is 7.04. The highest BCUT2D eigenvalue weighted by atomic mass is 16.5. The Labute approximate surface area is 273 Å². The molecule has 6 heteroatoms. The van der Waals surface area contributed by atoms with Gasteiger partial charge in [0.2, 0.25) is 0 Å². The van der Waals surface area contributed by atoms with Crippen molar-refractivity contribution in [3.8, 4) is 0 Å². The van der Waals surface area contributed by atoms with Crippen molar-refractivity contribution in [2.75, 3.05) is 22.6 Å². The highest BCUT2D eigenvalue weighted by molar-refractivity contribution is 6.12. The number of rotatable bonds is 5. The van der Waals surface area contributed by atoms with Gasteiger partial charge in [0.05, 0.1) is 25.4 Å². The molecule has 2 heterocycles. The van der Waals surface area contributed by atoms with E-state index >= 15 is 4.79 Å². The molecule has 0 aliphatic carbocycles. The first-order chi connectivity index (χ1) is 21.7. The Bertz CT molecular complexity index is 1780. The van der Waals surface area contributed by atoms with E-state index in [1.807, 2.05) is 60.4 Å². The summed E-state index contributed by atoms with van der Waals surface area (Å²) in [6.07, 6.45) is 0. The van der Waals surface area contributed by atoms with Gasteiger partial charge < -0.3 is 20.3 Å². The van der Waals surface area contributed by atoms with E-state index in [2.05, 4.69) is 94.6 Å². The zero-order valence-electron chi connectivity index (χ0n) is 28.2. The van der Waals surface area contributed by atoms with Crippen LogP contribution in [0.2, 0.25) is 0 Å². The topological polar surface area (TPSA) is 70.7 Å². The molecule has 0 saturated heterocycles. The van der Waals surface area contributed by atoms with E-state index in [9.17, 15) is 4.79 Å². The molecule has 0 unspecified atom stereocenters. The van der Waals surface area contributed by atoms with Gasteiger partial charge in [-0.1, -0.05) is 114 Å². The number of hydrogen-bond donors (Lipinski definition) is 2. The van der Waals surface area contributed by atoms with Crippen LogP contribution in [0.4, 0.5) is 17.1 Å². The molecule has 4 aromatic carbocycles. The molecule has 1 spiro atoms. The third-order valence-electron chi connectivity index (χ3n) is 9.55. The molecule has 4 aromatic rings. The number of methoxy groups -OCH3 is 1. The molecule has 6 rings (SSSR count). The number of fused-ring (bicyclic) bond motifs is 3. The van der Waals surface area contributed by atoms with Gasteiger partial charge >= 0.3 is 5.97 Å². The van der Waals surface area contributed by atoms with Crippen LogP contribution in [0.3, 0.4) is 0 Å². The highest BCUT2D eigenvalue weighted by Gasteiger charge is 2.63. The number of nitrogens with zero attached hydrogens (tertiary/aromatic N) is 1. The molecule has 2 aliphatic rings. The summed E-state index contributed by atoms with van der Waals surface area (Å²) in [6, 6.07) is 30.2. The SMILES string of the molecule is COC(=O)[C@H]1[C@H](Nc2ccc(C(C)(C)C)cc2)c2cc(C(C)(C)C)ccc2N[C@@]12C(=O)N(Cc1ccccc1)c1ccc(C)cc12. The number of anilines is 3. The zero-order valence-corrected chi connectivity index (χ0v) is 28.2. The van der Waals surface area contributed by atoms with Crippen molar-refractivity contribution in [2.45, 2.75) is 77.4 Å². The van der Waals surface area contributed by atoms with E-state index < -0.39 is 23.5 Å². The Morgan fingerprint density at radius 1 is 0.870 bits per heavy atom. The van der Waals surface area contributed by atoms with Gasteiger partial charge in [-0.3, -0.25) is 9.59 Å². The van der Waals surface area contributed by atoms with Crippen LogP contribution in [0.15, 0.2) is 91.0 Å². The summed E-state index contributed by atoms with van der Waals surface area (Å²) in [5, 5.41) is 7.41. The van der Waals surface area contributed by atoms with E-state index in [0.717, 1.165) is 44.9 Å². The van der Waals surface area contributed by atoms with E-state index in [0.29, 0.717) is 6.54 Å². The quantitative estimate of drug-likeness (QED) is 0.221. The van der Waals surface area contributed by atoms with Crippen molar-refractivity contribution in [1.29, 1.82) is 0 Å². The molecule has 2 aliphatic heterocycles. The van der Waals surface area contributed by atoms with Crippen molar-refractivity contribution >= 4 is 28.9 Å². The summed E-state index contributed by atoms with van der Waals surface area (Å²) < 4.78 is 5.58. The number of ether oxygens (including phenoxy) is 1. The maximum absolute atomic E-state index is 15.1. The monoisotopic (exact) mass is 615 g/mol. The lowest BCUT2D eigenvalue weighted by Gasteiger charge is -2.46. The first-order valence-electron chi connectivity index (χ1n) is 16.1. The van der Waals surface area contributed by atoms with E-state index in [4.69, 9.17) is 4.74 Å². The molecule has 1 amide bonds. The molecular weight excluding hydrogens is 570 g/mol. The predicted octanol–water partition coefficient (Wildman–Crippen LogP) is 8.40. The number of carbonyl (C=O) groups is 2. The van der Waals surface area contributed by atoms with Crippen LogP contribution in [0.25, 0.3) is 0 Å². The van der Waals surface area contributed by atoms with Crippen molar-refractivity contribution in [3.05, 3.63) is 124 Å². The third kappa shape index (κ3) is 5.34. The average Bonchev–Trinajstić information content (AvgIpc) is 3.22. The molecule has 0 bridgehead atoms. The lowest BCUT2D eigenvalue weighted by Crippen LogP contribution is -2.59. The first-order valence-corrected chi connectivity index (χ1v) is 16.1. The lowest BCUT2D eigenvalue weighted by molar-refractivity contribution is -0.151. The maximum atomic E-state index is 15.1. The molecule has 0 aromatic heterocycles. The third-order valence-corrected chi connectivity index (χ3v) is 9.55. The highest BCUT2D eigenvalue weighted by Crippen LogP contribution is 2.56. The Morgan fingerprint density at radius 2 is 1.52 bits per heavy atom. The van der Waals surface area contributed by atoms with Crippen LogP contribution in [0.5, 0.6) is 0 Å². The number of carbonyl (C=O) groups excluding carboxylic acids is 2. The predicted molar refractivity (Wildman–Crippen MR) is 186 cm³/mol. The minimum absolute atomic E-state index is 0.000156. The van der Waals surface area contributed by atoms with Crippen LogP contribution in [-0.4, -0.2) is 19.0 Å². The summed E-state index contributed by atoms with van der Waals surface area (Å²) in [6.45, 7) is 15.5. The second kappa shape index (κ2) is 11.3. The van der Waals surface area contributed by atoms with Gasteiger partial charge in [-0.2, -0.15) is 0 Å². The largest absolute Gasteiger partial charge is 0.469 e. The molecule has 3 atom stereocenters. The fraction of sp³-hybridized carbons (Fsp3) is 0.350. The molecule has 46 heavy (non-hydrogen) atoms. The first kappa shape index (κ1) is 31.4. The van der Waals surface area contributed by atoms with Gasteiger partial charge in [0.15, 0.2) is 5.54 Å². The molecule has 0 saturated carbocycles. The normalized spacial score (nSPS) is 20.6. The van der Waals surface area contributed by atoms with Gasteiger partial charge in [-0.25, -0.2) is 0 Å². The molecule has 0 radical (unpaired) electrons. The van der Waals surface area contributed by atoms with Gasteiger partial charge in [0, 0.05) is 16.9 Å². The van der Waals surface area contributed by atoms with Crippen LogP contribution in [0, 0.1) is 12.8 Å². The smallest absolute Gasteiger partial charge is 0.314 e. The number of hydrogen-bond acceptors (Lipinski definition) is 5. The fourth-order valence-electron chi connectivity index (χ4n) is 6.95. The minimum Gasteiger partial charge on any atom is -0.469 e. The lowest BCUT2D eigenvalue weighted by atomic mass is 9.68. The van der Waals surface area contributed by atoms with E-state index in [-0.39, 0.29) is 16.7 Å². The van der Waals surface area contributed by atoms with Crippen molar-refractivity contribution < 1.29 is 14.3 Å². The van der Waals surface area contributed by atoms with Crippen LogP contribution >= 0.6 is 0 Å². The Morgan fingerprint density at radius 3 is 2.15 bits per heavy atom. The number of amides is 1. The molecule has 6 nitrogen and oxygen atoms in total. The summed E-state index contributed by atoms with van der Waals surface area (Å²) in [7, 11) is 1.41. The van der Waals surface area contributed by atoms with E-state index in [1.54, 1.807) is 0 Å². The van der Waals surface area contributed by atoms with Crippen molar-refractivity contribution in [1.82, 2.24) is 0 Å². The second-order valence-corrected chi connectivity index (χ2v) is 14.8. The van der Waals surface area contributed by atoms with Gasteiger partial charge in [0.1, 0.15) is 5.92 Å². The average molecular weight is 616 g/mol. The Hall–Kier alpha value is -4.58. The van der Waals surface area contributed by atoms with E-state index in [1.165, 1.54) is 12.7 Å². The van der Waals surface area contributed by atoms with Crippen molar-refractivity contribution in [2.24, 2.45) is 5.92 Å². The molecule has 238 valence electrons. The summed E-state index contributed by atoms with van der Waals surface area (Å²) in [4.78, 5) is 31.2. The van der Waals surface area contributed by atoms with Crippen LogP contribution in [-0.2, 0) is 37.2 Å². The molecular formula is C40H45N3O3. The van der Waals surface area contributed by atoms with Gasteiger partial charge in [-0.05, 0) is 64.3 Å². The number of aryl methyl sites for hydroxylation is 1. The van der Waals surface area contributed by atoms with Crippen molar-refractivity contribution in [3.63, 3.8) is 0 Å². The number of nitrogens with one attached hydrogen (secondary N) is 2. The second-order valence-electron chi connectivity index (χ2n) is 14.8. The van der Waals surface area contributed by atoms with Crippen LogP contribution in [0.1, 0.15) is 81.0 Å². The summed E-state index contributed by atoms with van der Waals surface area (Å²) in [5.74, 6) is -1.55. The molecule has 0 fully saturated rings. The standard InChI is InChI=1S/C40H45N3O3/c1-25-14-21-33-31(22-25)40(37(45)43(33)24-26-12-10-9-11-13-26)34(36(44)46-8)35(41-29-18-15-27(16-19-29)38(2,3)4)30-23-28(39(5,6)7)17-20-32(30)42-40/h9-23,34-35,41-42H,24H2,1-8H3/t34-,35-,40-/m1/s1. The zero-order chi connectivity index (χ0) is 33.0. The maximum Gasteiger partial charge on any atom is 0.314 e.